The van der Waals surface area contributed by atoms with E-state index in [2.05, 4.69) is 43.4 Å². The van der Waals surface area contributed by atoms with Crippen molar-refractivity contribution in [2.75, 3.05) is 27.4 Å². The van der Waals surface area contributed by atoms with Crippen molar-refractivity contribution in [3.8, 4) is 23.4 Å². The van der Waals surface area contributed by atoms with Gasteiger partial charge in [-0.2, -0.15) is 10.2 Å². The largest absolute Gasteiger partial charge is 0.497 e. The average Bonchev–Trinajstić information content (AvgIpc) is 3.67. The topological polar surface area (TPSA) is 127 Å². The van der Waals surface area contributed by atoms with Crippen LogP contribution < -0.4 is 14.2 Å². The van der Waals surface area contributed by atoms with Gasteiger partial charge in [0.25, 0.3) is 8.53 Å². The van der Waals surface area contributed by atoms with Crippen LogP contribution in [-0.2, 0) is 24.1 Å². The van der Waals surface area contributed by atoms with Crippen LogP contribution in [0.3, 0.4) is 0 Å². The summed E-state index contributed by atoms with van der Waals surface area (Å²) in [7, 11) is 1.61. The minimum absolute atomic E-state index is 0.0718. The monoisotopic (exact) mass is 878 g/mol. The molecule has 0 spiro atoms. The van der Waals surface area contributed by atoms with Crippen LogP contribution in [-0.4, -0.2) is 71.9 Å². The van der Waals surface area contributed by atoms with Gasteiger partial charge in [-0.25, -0.2) is 9.46 Å². The Kier molecular flexibility index (Phi) is 16.0. The first-order valence-electron chi connectivity index (χ1n) is 20.7. The highest BCUT2D eigenvalue weighted by Gasteiger charge is 2.45. The number of ether oxygens (including phenoxy) is 5. The van der Waals surface area contributed by atoms with E-state index < -0.39 is 38.5 Å². The average molecular weight is 879 g/mol. The Balaban J connectivity index is 1.40. The molecule has 0 bridgehead atoms. The quantitative estimate of drug-likeness (QED) is 0.0258. The summed E-state index contributed by atoms with van der Waals surface area (Å²) in [5, 5.41) is 9.42. The molecule has 4 unspecified atom stereocenters. The molecular formula is C48H55N4O8PS. The van der Waals surface area contributed by atoms with E-state index in [1.807, 2.05) is 105 Å². The SMILES string of the molecule is COc1ccc(C(OCC2OC(n3cc(C)c(OC(=O)c4ccc(C)cc4)nc3=S)CC2OP(OCCC#N)N(C(C)C)C(C)C)(c2ccccc2)c2ccc(OC)cc2)cc1. The normalized spacial score (nSPS) is 17.0. The molecular weight excluding hydrogens is 824 g/mol. The Labute approximate surface area is 371 Å². The van der Waals surface area contributed by atoms with Gasteiger partial charge in [-0.3, -0.25) is 4.57 Å². The van der Waals surface area contributed by atoms with Crippen LogP contribution in [0.25, 0.3) is 0 Å². The van der Waals surface area contributed by atoms with E-state index in [4.69, 9.17) is 44.9 Å². The molecule has 62 heavy (non-hydrogen) atoms. The number of rotatable bonds is 19. The Morgan fingerprint density at radius 2 is 1.48 bits per heavy atom. The third-order valence-corrected chi connectivity index (χ3v) is 13.0. The van der Waals surface area contributed by atoms with E-state index in [1.165, 1.54) is 0 Å². The van der Waals surface area contributed by atoms with Crippen molar-refractivity contribution in [2.24, 2.45) is 0 Å². The standard InChI is InChI=1S/C48H55N4O8PS/c1-32(2)52(33(3)4)61(57-28-12-27-49)60-42-29-44(51-30-35(6)45(50-47(51)62)59-46(53)36-17-15-34(5)16-18-36)58-43(42)31-56-48(37-13-10-9-11-14-37,38-19-23-40(54-7)24-20-38)39-21-25-41(55-8)26-22-39/h9-11,13-26,30,32-33,42-44H,12,28-29,31H2,1-8H3. The smallest absolute Gasteiger partial charge is 0.344 e. The van der Waals surface area contributed by atoms with Crippen LogP contribution in [0.5, 0.6) is 17.4 Å². The lowest BCUT2D eigenvalue weighted by molar-refractivity contribution is -0.0923. The van der Waals surface area contributed by atoms with Gasteiger partial charge in [-0.15, -0.1) is 0 Å². The van der Waals surface area contributed by atoms with Gasteiger partial charge in [-0.1, -0.05) is 72.3 Å². The molecule has 326 valence electrons. The molecule has 0 saturated carbocycles. The summed E-state index contributed by atoms with van der Waals surface area (Å²) in [4.78, 5) is 17.7. The first kappa shape index (κ1) is 46.5. The minimum Gasteiger partial charge on any atom is -0.497 e. The van der Waals surface area contributed by atoms with E-state index >= 15 is 0 Å². The van der Waals surface area contributed by atoms with Gasteiger partial charge in [0.15, 0.2) is 0 Å². The summed E-state index contributed by atoms with van der Waals surface area (Å²) in [5.74, 6) is 1.01. The predicted octanol–water partition coefficient (Wildman–Crippen LogP) is 10.4. The zero-order chi connectivity index (χ0) is 44.4. The van der Waals surface area contributed by atoms with Crippen molar-refractivity contribution in [3.63, 3.8) is 0 Å². The number of nitrogens with zero attached hydrogens (tertiary/aromatic N) is 4. The lowest BCUT2D eigenvalue weighted by atomic mass is 9.80. The van der Waals surface area contributed by atoms with Crippen LogP contribution in [0.2, 0.25) is 0 Å². The molecule has 0 amide bonds. The van der Waals surface area contributed by atoms with Crippen molar-refractivity contribution in [1.82, 2.24) is 14.2 Å². The van der Waals surface area contributed by atoms with Gasteiger partial charge >= 0.3 is 5.97 Å². The maximum absolute atomic E-state index is 13.1. The summed E-state index contributed by atoms with van der Waals surface area (Å²) in [5.41, 5.74) is 3.53. The summed E-state index contributed by atoms with van der Waals surface area (Å²) < 4.78 is 48.7. The lowest BCUT2D eigenvalue weighted by Gasteiger charge is -2.39. The van der Waals surface area contributed by atoms with Crippen molar-refractivity contribution < 1.29 is 37.5 Å². The molecule has 12 nitrogen and oxygen atoms in total. The fourth-order valence-corrected chi connectivity index (χ4v) is 9.53. The zero-order valence-electron chi connectivity index (χ0n) is 36.5. The molecule has 1 fully saturated rings. The van der Waals surface area contributed by atoms with Gasteiger partial charge in [0.2, 0.25) is 10.7 Å². The third-order valence-electron chi connectivity index (χ3n) is 10.6. The van der Waals surface area contributed by atoms with E-state index in [9.17, 15) is 10.1 Å². The number of benzene rings is 4. The maximum Gasteiger partial charge on any atom is 0.344 e. The molecule has 5 aromatic rings. The number of carbonyl (C=O) groups is 1. The Hall–Kier alpha value is -5.03. The van der Waals surface area contributed by atoms with Crippen LogP contribution in [0, 0.1) is 29.9 Å². The first-order valence-corrected chi connectivity index (χ1v) is 22.2. The molecule has 14 heteroatoms. The number of nitriles is 1. The summed E-state index contributed by atoms with van der Waals surface area (Å²) in [6, 6.07) is 35.2. The molecule has 0 radical (unpaired) electrons. The highest BCUT2D eigenvalue weighted by molar-refractivity contribution is 7.71. The highest BCUT2D eigenvalue weighted by atomic mass is 32.1. The van der Waals surface area contributed by atoms with Crippen molar-refractivity contribution in [2.45, 2.75) is 90.5 Å². The maximum atomic E-state index is 13.1. The summed E-state index contributed by atoms with van der Waals surface area (Å²) in [6.45, 7) is 12.4. The van der Waals surface area contributed by atoms with Gasteiger partial charge in [0, 0.05) is 30.3 Å². The molecule has 2 heterocycles. The molecule has 0 aliphatic carbocycles. The van der Waals surface area contributed by atoms with E-state index in [-0.39, 0.29) is 42.4 Å². The number of hydrogen-bond donors (Lipinski definition) is 0. The molecule has 1 aliphatic heterocycles. The number of aryl methyl sites for hydroxylation is 2. The van der Waals surface area contributed by atoms with Gasteiger partial charge in [-0.05, 0) is 107 Å². The molecule has 1 saturated heterocycles. The van der Waals surface area contributed by atoms with Crippen LogP contribution in [0.15, 0.2) is 109 Å². The van der Waals surface area contributed by atoms with E-state index in [0.717, 1.165) is 22.3 Å². The van der Waals surface area contributed by atoms with Crippen molar-refractivity contribution in [3.05, 3.63) is 147 Å². The lowest BCUT2D eigenvalue weighted by Crippen LogP contribution is -2.39. The number of hydrogen-bond acceptors (Lipinski definition) is 12. The first-order chi connectivity index (χ1) is 29.9. The highest BCUT2D eigenvalue weighted by Crippen LogP contribution is 2.51. The van der Waals surface area contributed by atoms with Crippen LogP contribution >= 0.6 is 20.7 Å². The minimum atomic E-state index is -1.66. The van der Waals surface area contributed by atoms with Crippen LogP contribution in [0.1, 0.15) is 84.9 Å². The van der Waals surface area contributed by atoms with Crippen molar-refractivity contribution in [1.29, 1.82) is 5.26 Å². The second kappa shape index (κ2) is 21.4. The molecule has 0 N–H and O–H groups in total. The van der Waals surface area contributed by atoms with Crippen LogP contribution in [0.4, 0.5) is 0 Å². The fraction of sp³-hybridized carbons (Fsp3) is 0.375. The zero-order valence-corrected chi connectivity index (χ0v) is 38.2. The Morgan fingerprint density at radius 1 is 0.903 bits per heavy atom. The number of aromatic nitrogens is 2. The summed E-state index contributed by atoms with van der Waals surface area (Å²) >= 11 is 5.85. The van der Waals surface area contributed by atoms with E-state index in [1.54, 1.807) is 37.1 Å². The Morgan fingerprint density at radius 3 is 2.03 bits per heavy atom. The van der Waals surface area contributed by atoms with E-state index in [0.29, 0.717) is 29.0 Å². The second-order valence-electron chi connectivity index (χ2n) is 15.5. The molecule has 4 aromatic carbocycles. The van der Waals surface area contributed by atoms with Crippen molar-refractivity contribution >= 4 is 26.7 Å². The van der Waals surface area contributed by atoms with Gasteiger partial charge in [0.05, 0.1) is 51.6 Å². The van der Waals surface area contributed by atoms with Gasteiger partial charge < -0.3 is 32.7 Å². The van der Waals surface area contributed by atoms with Gasteiger partial charge in [0.1, 0.15) is 29.4 Å². The Bertz CT molecular complexity index is 2280. The third kappa shape index (κ3) is 10.8. The molecule has 6 rings (SSSR count). The second-order valence-corrected chi connectivity index (χ2v) is 17.3. The number of methoxy groups -OCH3 is 2. The summed E-state index contributed by atoms with van der Waals surface area (Å²) in [6.07, 6.45) is 0.528. The fourth-order valence-electron chi connectivity index (χ4n) is 7.52. The molecule has 1 aliphatic rings. The molecule has 4 atom stereocenters. The predicted molar refractivity (Wildman–Crippen MR) is 241 cm³/mol. The number of carbonyl (C=O) groups excluding carboxylic acids is 1. The number of esters is 1. The molecule has 1 aromatic heterocycles.